The number of aliphatic hydroxyl groups excluding tert-OH is 1. The van der Waals surface area contributed by atoms with E-state index in [1.165, 1.54) is 0 Å². The molecule has 0 saturated carbocycles. The summed E-state index contributed by atoms with van der Waals surface area (Å²) in [4.78, 5) is 2.38. The van der Waals surface area contributed by atoms with Gasteiger partial charge >= 0.3 is 0 Å². The molecule has 1 aromatic carbocycles. The maximum atomic E-state index is 10.3. The Morgan fingerprint density at radius 2 is 1.76 bits per heavy atom. The van der Waals surface area contributed by atoms with Crippen LogP contribution in [0.2, 0.25) is 0 Å². The molecule has 0 bridgehead atoms. The van der Waals surface area contributed by atoms with E-state index in [0.717, 1.165) is 43.9 Å². The largest absolute Gasteiger partial charge is 0.494 e. The smallest absolute Gasteiger partial charge is 0.119 e. The van der Waals surface area contributed by atoms with Crippen molar-refractivity contribution in [2.24, 2.45) is 0 Å². The molecule has 1 N–H and O–H groups in total. The number of nitrogens with zero attached hydrogens (tertiary/aromatic N) is 1. The molecule has 0 aliphatic heterocycles. The number of hydrogen-bond donors (Lipinski definition) is 1. The van der Waals surface area contributed by atoms with Gasteiger partial charge in [0.15, 0.2) is 0 Å². The van der Waals surface area contributed by atoms with Gasteiger partial charge in [-0.2, -0.15) is 0 Å². The summed E-state index contributed by atoms with van der Waals surface area (Å²) < 4.78 is 5.56. The van der Waals surface area contributed by atoms with Gasteiger partial charge < -0.3 is 9.84 Å². The lowest BCUT2D eigenvalue weighted by Gasteiger charge is -2.35. The zero-order chi connectivity index (χ0) is 15.9. The number of aliphatic hydroxyl groups is 1. The molecule has 0 aliphatic carbocycles. The van der Waals surface area contributed by atoms with Crippen LogP contribution in [0.5, 0.6) is 5.75 Å². The Labute approximate surface area is 129 Å². The number of hydrogen-bond acceptors (Lipinski definition) is 3. The fourth-order valence-electron chi connectivity index (χ4n) is 2.42. The highest BCUT2D eigenvalue weighted by atomic mass is 16.5. The molecule has 3 heteroatoms. The van der Waals surface area contributed by atoms with Crippen LogP contribution in [0.3, 0.4) is 0 Å². The van der Waals surface area contributed by atoms with E-state index in [-0.39, 0.29) is 5.54 Å². The molecule has 0 heterocycles. The van der Waals surface area contributed by atoms with E-state index in [0.29, 0.717) is 0 Å². The molecule has 1 atom stereocenters. The van der Waals surface area contributed by atoms with Crippen LogP contribution >= 0.6 is 0 Å². The second-order valence-electron chi connectivity index (χ2n) is 6.47. The van der Waals surface area contributed by atoms with Crippen LogP contribution in [0, 0.1) is 0 Å². The average Bonchev–Trinajstić information content (AvgIpc) is 2.44. The van der Waals surface area contributed by atoms with Gasteiger partial charge in [0.25, 0.3) is 0 Å². The summed E-state index contributed by atoms with van der Waals surface area (Å²) in [6.45, 7) is 13.5. The molecule has 1 rings (SSSR count). The van der Waals surface area contributed by atoms with Gasteiger partial charge in [-0.1, -0.05) is 26.0 Å². The standard InChI is InChI=1S/C18H31NO2/c1-6-14-21-16-10-8-15(9-11-16)17(20)12-13-19(7-2)18(3,4)5/h8-11,17,20H,6-7,12-14H2,1-5H3. The summed E-state index contributed by atoms with van der Waals surface area (Å²) in [5, 5.41) is 10.3. The van der Waals surface area contributed by atoms with E-state index in [9.17, 15) is 5.11 Å². The molecule has 0 amide bonds. The van der Waals surface area contributed by atoms with Gasteiger partial charge in [-0.15, -0.1) is 0 Å². The first-order chi connectivity index (χ1) is 9.88. The van der Waals surface area contributed by atoms with Crippen LogP contribution in [0.1, 0.15) is 59.1 Å². The van der Waals surface area contributed by atoms with E-state index in [2.05, 4.69) is 39.5 Å². The molecule has 21 heavy (non-hydrogen) atoms. The Morgan fingerprint density at radius 1 is 1.14 bits per heavy atom. The van der Waals surface area contributed by atoms with Crippen molar-refractivity contribution < 1.29 is 9.84 Å². The first-order valence-electron chi connectivity index (χ1n) is 8.04. The molecule has 120 valence electrons. The summed E-state index contributed by atoms with van der Waals surface area (Å²) in [5.41, 5.74) is 1.11. The third-order valence-corrected chi connectivity index (χ3v) is 3.74. The molecule has 0 aliphatic rings. The monoisotopic (exact) mass is 293 g/mol. The van der Waals surface area contributed by atoms with Crippen LogP contribution in [-0.4, -0.2) is 35.2 Å². The van der Waals surface area contributed by atoms with Crippen molar-refractivity contribution in [1.29, 1.82) is 0 Å². The van der Waals surface area contributed by atoms with Crippen LogP contribution in [-0.2, 0) is 0 Å². The van der Waals surface area contributed by atoms with Crippen LogP contribution in [0.25, 0.3) is 0 Å². The van der Waals surface area contributed by atoms with Gasteiger partial charge in [0.1, 0.15) is 5.75 Å². The van der Waals surface area contributed by atoms with Crippen molar-refractivity contribution in [1.82, 2.24) is 4.90 Å². The third-order valence-electron chi connectivity index (χ3n) is 3.74. The van der Waals surface area contributed by atoms with Crippen molar-refractivity contribution in [2.75, 3.05) is 19.7 Å². The molecule has 1 aromatic rings. The lowest BCUT2D eigenvalue weighted by molar-refractivity contribution is 0.0997. The average molecular weight is 293 g/mol. The van der Waals surface area contributed by atoms with Crippen molar-refractivity contribution in [2.45, 2.75) is 59.1 Å². The highest BCUT2D eigenvalue weighted by molar-refractivity contribution is 5.28. The number of rotatable bonds is 8. The van der Waals surface area contributed by atoms with Gasteiger partial charge in [-0.25, -0.2) is 0 Å². The second-order valence-corrected chi connectivity index (χ2v) is 6.47. The van der Waals surface area contributed by atoms with Gasteiger partial charge in [-0.3, -0.25) is 4.90 Å². The first kappa shape index (κ1) is 18.0. The minimum Gasteiger partial charge on any atom is -0.494 e. The SMILES string of the molecule is CCCOc1ccc(C(O)CCN(CC)C(C)(C)C)cc1. The fourth-order valence-corrected chi connectivity index (χ4v) is 2.42. The van der Waals surface area contributed by atoms with Gasteiger partial charge in [0.2, 0.25) is 0 Å². The van der Waals surface area contributed by atoms with E-state index in [1.54, 1.807) is 0 Å². The number of benzene rings is 1. The van der Waals surface area contributed by atoms with Gasteiger partial charge in [0.05, 0.1) is 12.7 Å². The maximum absolute atomic E-state index is 10.3. The molecule has 3 nitrogen and oxygen atoms in total. The summed E-state index contributed by atoms with van der Waals surface area (Å²) in [6, 6.07) is 7.80. The normalized spacial score (nSPS) is 13.5. The zero-order valence-corrected chi connectivity index (χ0v) is 14.2. The van der Waals surface area contributed by atoms with E-state index in [4.69, 9.17) is 4.74 Å². The summed E-state index contributed by atoms with van der Waals surface area (Å²) in [7, 11) is 0. The minimum atomic E-state index is -0.415. The lowest BCUT2D eigenvalue weighted by Crippen LogP contribution is -2.42. The van der Waals surface area contributed by atoms with Crippen molar-refractivity contribution in [3.05, 3.63) is 29.8 Å². The second kappa shape index (κ2) is 8.40. The molecule has 0 fully saturated rings. The molecule has 0 aromatic heterocycles. The minimum absolute atomic E-state index is 0.145. The fraction of sp³-hybridized carbons (Fsp3) is 0.667. The Bertz CT molecular complexity index is 395. The van der Waals surface area contributed by atoms with E-state index < -0.39 is 6.10 Å². The zero-order valence-electron chi connectivity index (χ0n) is 14.2. The van der Waals surface area contributed by atoms with Gasteiger partial charge in [-0.05, 0) is 57.9 Å². The third kappa shape index (κ3) is 6.06. The summed E-state index contributed by atoms with van der Waals surface area (Å²) >= 11 is 0. The first-order valence-corrected chi connectivity index (χ1v) is 8.04. The van der Waals surface area contributed by atoms with Gasteiger partial charge in [0, 0.05) is 12.1 Å². The van der Waals surface area contributed by atoms with E-state index in [1.807, 2.05) is 24.3 Å². The van der Waals surface area contributed by atoms with Crippen molar-refractivity contribution in [3.63, 3.8) is 0 Å². The van der Waals surface area contributed by atoms with E-state index >= 15 is 0 Å². The Hall–Kier alpha value is -1.06. The molecule has 0 radical (unpaired) electrons. The topological polar surface area (TPSA) is 32.7 Å². The predicted molar refractivity (Wildman–Crippen MR) is 88.8 cm³/mol. The quantitative estimate of drug-likeness (QED) is 0.786. The Morgan fingerprint density at radius 3 is 2.24 bits per heavy atom. The van der Waals surface area contributed by atoms with Crippen molar-refractivity contribution in [3.8, 4) is 5.75 Å². The summed E-state index contributed by atoms with van der Waals surface area (Å²) in [5.74, 6) is 0.873. The highest BCUT2D eigenvalue weighted by Gasteiger charge is 2.20. The molecule has 1 unspecified atom stereocenters. The molecular weight excluding hydrogens is 262 g/mol. The Balaban J connectivity index is 2.53. The predicted octanol–water partition coefficient (Wildman–Crippen LogP) is 4.02. The maximum Gasteiger partial charge on any atom is 0.119 e. The highest BCUT2D eigenvalue weighted by Crippen LogP contribution is 2.22. The van der Waals surface area contributed by atoms with Crippen molar-refractivity contribution >= 4 is 0 Å². The summed E-state index contributed by atoms with van der Waals surface area (Å²) in [6.07, 6.45) is 1.34. The Kier molecular flexibility index (Phi) is 7.20. The molecule has 0 saturated heterocycles. The van der Waals surface area contributed by atoms with Crippen LogP contribution < -0.4 is 4.74 Å². The van der Waals surface area contributed by atoms with Crippen LogP contribution in [0.15, 0.2) is 24.3 Å². The van der Waals surface area contributed by atoms with Crippen LogP contribution in [0.4, 0.5) is 0 Å². The molecule has 0 spiro atoms. The lowest BCUT2D eigenvalue weighted by atomic mass is 10.0. The number of ether oxygens (including phenoxy) is 1. The molecular formula is C18H31NO2.